The van der Waals surface area contributed by atoms with Crippen LogP contribution in [-0.2, 0) is 0 Å². The van der Waals surface area contributed by atoms with Gasteiger partial charge in [0.05, 0.1) is 17.4 Å². The molecule has 5 rings (SSSR count). The second-order valence-corrected chi connectivity index (χ2v) is 9.49. The predicted molar refractivity (Wildman–Crippen MR) is 135 cm³/mol. The molecule has 8 heteroatoms. The molecule has 2 aliphatic rings. The largest absolute Gasteiger partial charge is 0.492 e. The lowest BCUT2D eigenvalue weighted by molar-refractivity contribution is 0.101. The molecule has 0 amide bonds. The molecule has 0 N–H and O–H groups in total. The highest BCUT2D eigenvalue weighted by molar-refractivity contribution is 7.00. The topological polar surface area (TPSA) is 57.6 Å². The number of benzene rings is 1. The highest BCUT2D eigenvalue weighted by Crippen LogP contribution is 2.28. The maximum atomic E-state index is 5.92. The lowest BCUT2D eigenvalue weighted by Gasteiger charge is -2.39. The fraction of sp³-hybridized carbons (Fsp3) is 0.480. The van der Waals surface area contributed by atoms with E-state index in [1.165, 1.54) is 36.8 Å². The number of hydrogen-bond donors (Lipinski definition) is 0. The predicted octanol–water partition coefficient (Wildman–Crippen LogP) is 3.64. The summed E-state index contributed by atoms with van der Waals surface area (Å²) in [4.78, 5) is 12.0. The molecule has 2 aromatic heterocycles. The molecule has 2 aliphatic heterocycles. The third kappa shape index (κ3) is 5.51. The van der Waals surface area contributed by atoms with E-state index in [1.54, 1.807) is 0 Å². The minimum atomic E-state index is 0.739. The van der Waals surface area contributed by atoms with Crippen molar-refractivity contribution in [2.24, 2.45) is 5.92 Å². The summed E-state index contributed by atoms with van der Waals surface area (Å²) in [5.74, 6) is 1.71. The Balaban J connectivity index is 1.01. The fourth-order valence-corrected chi connectivity index (χ4v) is 5.36. The van der Waals surface area contributed by atoms with E-state index >= 15 is 0 Å². The molecule has 0 saturated carbocycles. The van der Waals surface area contributed by atoms with E-state index in [4.69, 9.17) is 4.74 Å². The molecule has 33 heavy (non-hydrogen) atoms. The minimum Gasteiger partial charge on any atom is -0.492 e. The number of fused-ring (bicyclic) bond motifs is 1. The Kier molecular flexibility index (Phi) is 7.14. The Bertz CT molecular complexity index is 1040. The Morgan fingerprint density at radius 1 is 0.970 bits per heavy atom. The van der Waals surface area contributed by atoms with E-state index in [-0.39, 0.29) is 0 Å². The molecule has 1 aromatic carbocycles. The molecular weight excluding hydrogens is 432 g/mol. The molecule has 0 spiro atoms. The standard InChI is InChI=1S/C25H32N6OS/c1-2-20-3-5-22(6-4-20)32-18-17-29-13-15-30(16-14-29)19-21-8-11-31(12-9-21)23-7-10-26-25-24(23)27-33-28-25/h2-7,10,21H,1,8-9,11-19H2. The molecule has 0 bridgehead atoms. The smallest absolute Gasteiger partial charge is 0.195 e. The van der Waals surface area contributed by atoms with Crippen molar-refractivity contribution in [3.05, 3.63) is 48.7 Å². The van der Waals surface area contributed by atoms with Gasteiger partial charge in [-0.1, -0.05) is 24.8 Å². The van der Waals surface area contributed by atoms with Gasteiger partial charge < -0.3 is 14.5 Å². The van der Waals surface area contributed by atoms with E-state index in [0.29, 0.717) is 0 Å². The number of ether oxygens (including phenoxy) is 1. The van der Waals surface area contributed by atoms with Crippen LogP contribution in [0.1, 0.15) is 18.4 Å². The Hall–Kier alpha value is -2.55. The van der Waals surface area contributed by atoms with E-state index in [1.807, 2.05) is 36.5 Å². The number of pyridine rings is 1. The van der Waals surface area contributed by atoms with Crippen LogP contribution in [0.25, 0.3) is 17.2 Å². The summed E-state index contributed by atoms with van der Waals surface area (Å²) in [6.07, 6.45) is 6.18. The second-order valence-electron chi connectivity index (χ2n) is 8.96. The van der Waals surface area contributed by atoms with E-state index in [0.717, 1.165) is 80.8 Å². The summed E-state index contributed by atoms with van der Waals surface area (Å²) in [5.41, 5.74) is 4.04. The van der Waals surface area contributed by atoms with E-state index in [2.05, 4.69) is 41.1 Å². The molecule has 0 atom stereocenters. The van der Waals surface area contributed by atoms with Gasteiger partial charge in [0.2, 0.25) is 0 Å². The Morgan fingerprint density at radius 3 is 2.48 bits per heavy atom. The monoisotopic (exact) mass is 464 g/mol. The van der Waals surface area contributed by atoms with Crippen LogP contribution < -0.4 is 9.64 Å². The molecule has 174 valence electrons. The van der Waals surface area contributed by atoms with Crippen molar-refractivity contribution in [1.82, 2.24) is 23.5 Å². The third-order valence-electron chi connectivity index (χ3n) is 6.87. The van der Waals surface area contributed by atoms with Crippen LogP contribution in [0, 0.1) is 5.92 Å². The first-order chi connectivity index (χ1) is 16.3. The zero-order valence-corrected chi connectivity index (χ0v) is 19.9. The molecule has 3 aromatic rings. The maximum Gasteiger partial charge on any atom is 0.195 e. The van der Waals surface area contributed by atoms with Crippen LogP contribution in [-0.4, -0.2) is 82.5 Å². The van der Waals surface area contributed by atoms with Crippen molar-refractivity contribution in [3.63, 3.8) is 0 Å². The normalized spacial score (nSPS) is 18.6. The number of rotatable bonds is 8. The van der Waals surface area contributed by atoms with Crippen LogP contribution in [0.15, 0.2) is 43.1 Å². The molecule has 7 nitrogen and oxygen atoms in total. The molecule has 2 saturated heterocycles. The van der Waals surface area contributed by atoms with Gasteiger partial charge in [-0.25, -0.2) is 4.98 Å². The number of anilines is 1. The van der Waals surface area contributed by atoms with Gasteiger partial charge in [0.15, 0.2) is 5.65 Å². The lowest BCUT2D eigenvalue weighted by Crippen LogP contribution is -2.49. The summed E-state index contributed by atoms with van der Waals surface area (Å²) in [7, 11) is 0. The van der Waals surface area contributed by atoms with E-state index < -0.39 is 0 Å². The first-order valence-corrected chi connectivity index (χ1v) is 12.6. The summed E-state index contributed by atoms with van der Waals surface area (Å²) in [6.45, 7) is 13.5. The number of piperidine rings is 1. The van der Waals surface area contributed by atoms with Gasteiger partial charge in [0.25, 0.3) is 0 Å². The van der Waals surface area contributed by atoms with Crippen LogP contribution in [0.3, 0.4) is 0 Å². The van der Waals surface area contributed by atoms with Crippen molar-refractivity contribution in [3.8, 4) is 5.75 Å². The molecule has 0 unspecified atom stereocenters. The van der Waals surface area contributed by atoms with E-state index in [9.17, 15) is 0 Å². The van der Waals surface area contributed by atoms with Gasteiger partial charge in [0, 0.05) is 58.6 Å². The molecule has 0 radical (unpaired) electrons. The molecular formula is C25H32N6OS. The number of piperazine rings is 1. The zero-order chi connectivity index (χ0) is 22.5. The quantitative estimate of drug-likeness (QED) is 0.504. The summed E-state index contributed by atoms with van der Waals surface area (Å²) in [5, 5.41) is 0. The highest BCUT2D eigenvalue weighted by atomic mass is 32.1. The van der Waals surface area contributed by atoms with Gasteiger partial charge in [-0.3, -0.25) is 4.90 Å². The highest BCUT2D eigenvalue weighted by Gasteiger charge is 2.25. The Morgan fingerprint density at radius 2 is 1.73 bits per heavy atom. The summed E-state index contributed by atoms with van der Waals surface area (Å²) >= 11 is 1.25. The summed E-state index contributed by atoms with van der Waals surface area (Å²) < 4.78 is 14.7. The fourth-order valence-electron chi connectivity index (χ4n) is 4.85. The maximum absolute atomic E-state index is 5.92. The van der Waals surface area contributed by atoms with Gasteiger partial charge >= 0.3 is 0 Å². The summed E-state index contributed by atoms with van der Waals surface area (Å²) in [6, 6.07) is 10.2. The minimum absolute atomic E-state index is 0.739. The van der Waals surface area contributed by atoms with Crippen molar-refractivity contribution in [1.29, 1.82) is 0 Å². The number of hydrogen-bond acceptors (Lipinski definition) is 8. The first kappa shape index (κ1) is 22.3. The van der Waals surface area contributed by atoms with Gasteiger partial charge in [-0.05, 0) is 42.5 Å². The molecule has 0 aliphatic carbocycles. The SMILES string of the molecule is C=Cc1ccc(OCCN2CCN(CC3CCN(c4ccnc5nsnc45)CC3)CC2)cc1. The lowest BCUT2D eigenvalue weighted by atomic mass is 9.95. The van der Waals surface area contributed by atoms with Crippen LogP contribution in [0.5, 0.6) is 5.75 Å². The van der Waals surface area contributed by atoms with Crippen molar-refractivity contribution >= 4 is 34.7 Å². The van der Waals surface area contributed by atoms with Crippen LogP contribution in [0.4, 0.5) is 5.69 Å². The second kappa shape index (κ2) is 10.6. The van der Waals surface area contributed by atoms with Crippen molar-refractivity contribution < 1.29 is 4.74 Å². The van der Waals surface area contributed by atoms with Gasteiger partial charge in [0.1, 0.15) is 17.9 Å². The average molecular weight is 465 g/mol. The molecule has 4 heterocycles. The van der Waals surface area contributed by atoms with Gasteiger partial charge in [-0.2, -0.15) is 8.75 Å². The van der Waals surface area contributed by atoms with Gasteiger partial charge in [-0.15, -0.1) is 0 Å². The zero-order valence-electron chi connectivity index (χ0n) is 19.1. The van der Waals surface area contributed by atoms with Crippen LogP contribution in [0.2, 0.25) is 0 Å². The Labute approximate surface area is 200 Å². The van der Waals surface area contributed by atoms with Crippen molar-refractivity contribution in [2.75, 3.05) is 63.9 Å². The molecule has 2 fully saturated rings. The number of nitrogens with zero attached hydrogens (tertiary/aromatic N) is 6. The van der Waals surface area contributed by atoms with Crippen LogP contribution >= 0.6 is 11.7 Å². The van der Waals surface area contributed by atoms with Crippen molar-refractivity contribution in [2.45, 2.75) is 12.8 Å². The average Bonchev–Trinajstić information content (AvgIpc) is 3.35. The first-order valence-electron chi connectivity index (χ1n) is 11.9. The number of aromatic nitrogens is 3. The third-order valence-corrected chi connectivity index (χ3v) is 7.39.